The van der Waals surface area contributed by atoms with Crippen molar-refractivity contribution in [3.63, 3.8) is 0 Å². The summed E-state index contributed by atoms with van der Waals surface area (Å²) in [5, 5.41) is 2.59. The topological polar surface area (TPSA) is 85.4 Å². The second-order valence-electron chi connectivity index (χ2n) is 5.38. The summed E-state index contributed by atoms with van der Waals surface area (Å²) < 4.78 is 30.2. The van der Waals surface area contributed by atoms with Crippen LogP contribution in [0.1, 0.15) is 10.4 Å². The summed E-state index contributed by atoms with van der Waals surface area (Å²) in [6.45, 7) is 0. The Bertz CT molecular complexity index is 1000. The molecular formula is C19H16N2O4S. The van der Waals surface area contributed by atoms with Crippen molar-refractivity contribution in [2.75, 3.05) is 12.4 Å². The van der Waals surface area contributed by atoms with Crippen molar-refractivity contribution in [2.45, 2.75) is 9.92 Å². The molecular weight excluding hydrogens is 352 g/mol. The number of benzene rings is 2. The molecule has 0 bridgehead atoms. The first-order chi connectivity index (χ1) is 12.5. The Morgan fingerprint density at radius 2 is 1.65 bits per heavy atom. The molecule has 0 saturated carbocycles. The highest BCUT2D eigenvalue weighted by molar-refractivity contribution is 7.91. The number of amides is 1. The maximum atomic E-state index is 12.6. The van der Waals surface area contributed by atoms with Crippen molar-refractivity contribution < 1.29 is 17.9 Å². The molecule has 0 fully saturated rings. The van der Waals surface area contributed by atoms with Gasteiger partial charge >= 0.3 is 0 Å². The Morgan fingerprint density at radius 1 is 0.962 bits per heavy atom. The third-order valence-electron chi connectivity index (χ3n) is 3.68. The molecule has 3 rings (SSSR count). The van der Waals surface area contributed by atoms with Crippen LogP contribution in [0, 0.1) is 0 Å². The number of rotatable bonds is 5. The van der Waals surface area contributed by atoms with Gasteiger partial charge in [0.25, 0.3) is 5.91 Å². The highest BCUT2D eigenvalue weighted by Gasteiger charge is 2.20. The first-order valence-corrected chi connectivity index (χ1v) is 9.20. The van der Waals surface area contributed by atoms with Gasteiger partial charge in [-0.1, -0.05) is 18.2 Å². The van der Waals surface area contributed by atoms with E-state index in [1.807, 2.05) is 6.07 Å². The van der Waals surface area contributed by atoms with Gasteiger partial charge in [0, 0.05) is 11.9 Å². The van der Waals surface area contributed by atoms with E-state index in [1.54, 1.807) is 36.4 Å². The number of sulfone groups is 1. The molecule has 3 aromatic rings. The highest BCUT2D eigenvalue weighted by atomic mass is 32.2. The molecule has 0 saturated heterocycles. The lowest BCUT2D eigenvalue weighted by Gasteiger charge is -2.07. The minimum atomic E-state index is -3.76. The van der Waals surface area contributed by atoms with Gasteiger partial charge in [-0.15, -0.1) is 0 Å². The van der Waals surface area contributed by atoms with Crippen LogP contribution in [0.2, 0.25) is 0 Å². The minimum Gasteiger partial charge on any atom is -0.497 e. The largest absolute Gasteiger partial charge is 0.497 e. The van der Waals surface area contributed by atoms with Gasteiger partial charge in [-0.25, -0.2) is 13.4 Å². The molecule has 26 heavy (non-hydrogen) atoms. The molecule has 1 amide bonds. The van der Waals surface area contributed by atoms with E-state index in [4.69, 9.17) is 4.74 Å². The van der Waals surface area contributed by atoms with Crippen molar-refractivity contribution >= 4 is 21.4 Å². The maximum Gasteiger partial charge on any atom is 0.257 e. The van der Waals surface area contributed by atoms with Crippen LogP contribution in [0.4, 0.5) is 5.69 Å². The number of hydrogen-bond donors (Lipinski definition) is 1. The zero-order valence-electron chi connectivity index (χ0n) is 13.9. The Labute approximate surface area is 151 Å². The van der Waals surface area contributed by atoms with Gasteiger partial charge in [0.2, 0.25) is 9.84 Å². The van der Waals surface area contributed by atoms with Crippen LogP contribution in [0.3, 0.4) is 0 Å². The summed E-state index contributed by atoms with van der Waals surface area (Å²) in [7, 11) is -2.26. The Morgan fingerprint density at radius 3 is 2.23 bits per heavy atom. The van der Waals surface area contributed by atoms with E-state index in [0.29, 0.717) is 11.4 Å². The standard InChI is InChI=1S/C19H16N2O4S/c1-25-16-8-10-17(11-9-16)26(23,24)18-12-7-14(13-20-18)19(22)21-15-5-3-2-4-6-15/h2-13H,1H3,(H,21,22). The summed E-state index contributed by atoms with van der Waals surface area (Å²) in [5.74, 6) is 0.196. The van der Waals surface area contributed by atoms with Crippen LogP contribution in [-0.2, 0) is 9.84 Å². The van der Waals surface area contributed by atoms with E-state index < -0.39 is 9.84 Å². The lowest BCUT2D eigenvalue weighted by atomic mass is 10.2. The second-order valence-corrected chi connectivity index (χ2v) is 7.28. The molecule has 0 radical (unpaired) electrons. The molecule has 1 heterocycles. The maximum absolute atomic E-state index is 12.6. The fraction of sp³-hybridized carbons (Fsp3) is 0.0526. The molecule has 0 aliphatic heterocycles. The van der Waals surface area contributed by atoms with Gasteiger partial charge in [-0.3, -0.25) is 4.79 Å². The second kappa shape index (κ2) is 7.37. The van der Waals surface area contributed by atoms with Crippen LogP contribution in [0.25, 0.3) is 0 Å². The quantitative estimate of drug-likeness (QED) is 0.748. The van der Waals surface area contributed by atoms with Crippen LogP contribution >= 0.6 is 0 Å². The zero-order chi connectivity index (χ0) is 18.6. The van der Waals surface area contributed by atoms with Gasteiger partial charge in [0.1, 0.15) is 5.75 Å². The van der Waals surface area contributed by atoms with Crippen LogP contribution in [-0.4, -0.2) is 26.4 Å². The number of methoxy groups -OCH3 is 1. The van der Waals surface area contributed by atoms with E-state index in [0.717, 1.165) is 0 Å². The normalized spacial score (nSPS) is 11.0. The Kier molecular flexibility index (Phi) is 4.99. The van der Waals surface area contributed by atoms with Gasteiger partial charge in [-0.05, 0) is 48.5 Å². The Hall–Kier alpha value is -3.19. The number of nitrogens with zero attached hydrogens (tertiary/aromatic N) is 1. The molecule has 1 N–H and O–H groups in total. The number of aromatic nitrogens is 1. The molecule has 6 nitrogen and oxygen atoms in total. The highest BCUT2D eigenvalue weighted by Crippen LogP contribution is 2.22. The number of nitrogens with one attached hydrogen (secondary N) is 1. The number of ether oxygens (including phenoxy) is 1. The molecule has 0 atom stereocenters. The molecule has 0 spiro atoms. The third-order valence-corrected chi connectivity index (χ3v) is 5.36. The molecule has 0 aliphatic carbocycles. The monoisotopic (exact) mass is 368 g/mol. The van der Waals surface area contributed by atoms with E-state index in [9.17, 15) is 13.2 Å². The van der Waals surface area contributed by atoms with E-state index in [1.165, 1.54) is 37.6 Å². The number of hydrogen-bond acceptors (Lipinski definition) is 5. The van der Waals surface area contributed by atoms with Crippen molar-refractivity contribution in [3.8, 4) is 5.75 Å². The van der Waals surface area contributed by atoms with Crippen LogP contribution in [0.5, 0.6) is 5.75 Å². The number of anilines is 1. The molecule has 132 valence electrons. The summed E-state index contributed by atoms with van der Waals surface area (Å²) >= 11 is 0. The lowest BCUT2D eigenvalue weighted by Crippen LogP contribution is -2.13. The van der Waals surface area contributed by atoms with Crippen molar-refractivity contribution in [2.24, 2.45) is 0 Å². The molecule has 1 aromatic heterocycles. The number of pyridine rings is 1. The average Bonchev–Trinajstić information content (AvgIpc) is 2.69. The zero-order valence-corrected chi connectivity index (χ0v) is 14.7. The van der Waals surface area contributed by atoms with E-state index in [-0.39, 0.29) is 21.4 Å². The first-order valence-electron chi connectivity index (χ1n) is 7.72. The third kappa shape index (κ3) is 3.73. The number of carbonyl (C=O) groups excluding carboxylic acids is 1. The SMILES string of the molecule is COc1ccc(S(=O)(=O)c2ccc(C(=O)Nc3ccccc3)cn2)cc1. The Balaban J connectivity index is 1.80. The molecule has 7 heteroatoms. The average molecular weight is 368 g/mol. The van der Waals surface area contributed by atoms with Crippen LogP contribution in [0.15, 0.2) is 82.8 Å². The van der Waals surface area contributed by atoms with Crippen molar-refractivity contribution in [1.29, 1.82) is 0 Å². The van der Waals surface area contributed by atoms with Crippen molar-refractivity contribution in [1.82, 2.24) is 4.98 Å². The van der Waals surface area contributed by atoms with Gasteiger partial charge in [0.15, 0.2) is 5.03 Å². The molecule has 0 aliphatic rings. The predicted octanol–water partition coefficient (Wildman–Crippen LogP) is 3.18. The number of carbonyl (C=O) groups is 1. The van der Waals surface area contributed by atoms with Crippen molar-refractivity contribution in [3.05, 3.63) is 78.5 Å². The lowest BCUT2D eigenvalue weighted by molar-refractivity contribution is 0.102. The first kappa shape index (κ1) is 17.6. The molecule has 2 aromatic carbocycles. The summed E-state index contributed by atoms with van der Waals surface area (Å²) in [6, 6.07) is 17.7. The summed E-state index contributed by atoms with van der Waals surface area (Å²) in [6.07, 6.45) is 1.24. The summed E-state index contributed by atoms with van der Waals surface area (Å²) in [5.41, 5.74) is 0.912. The molecule has 0 unspecified atom stereocenters. The summed E-state index contributed by atoms with van der Waals surface area (Å²) in [4.78, 5) is 16.3. The fourth-order valence-corrected chi connectivity index (χ4v) is 3.45. The smallest absolute Gasteiger partial charge is 0.257 e. The van der Waals surface area contributed by atoms with Gasteiger partial charge in [0.05, 0.1) is 17.6 Å². The van der Waals surface area contributed by atoms with E-state index in [2.05, 4.69) is 10.3 Å². The number of para-hydroxylation sites is 1. The van der Waals surface area contributed by atoms with Crippen LogP contribution < -0.4 is 10.1 Å². The van der Waals surface area contributed by atoms with Gasteiger partial charge in [-0.2, -0.15) is 0 Å². The fourth-order valence-electron chi connectivity index (χ4n) is 2.27. The van der Waals surface area contributed by atoms with Gasteiger partial charge < -0.3 is 10.1 Å². The predicted molar refractivity (Wildman–Crippen MR) is 97.1 cm³/mol. The van der Waals surface area contributed by atoms with E-state index >= 15 is 0 Å². The minimum absolute atomic E-state index is 0.104.